The maximum absolute atomic E-state index is 11.8. The van der Waals surface area contributed by atoms with Crippen LogP contribution in [0.1, 0.15) is 38.8 Å². The fourth-order valence-electron chi connectivity index (χ4n) is 2.22. The molecular weight excluding hydrogens is 310 g/mol. The molecule has 1 amide bonds. The summed E-state index contributed by atoms with van der Waals surface area (Å²) in [4.78, 5) is 35.1. The lowest BCUT2D eigenvalue weighted by atomic mass is 10.1. The molecule has 0 aromatic heterocycles. The average Bonchev–Trinajstić information content (AvgIpc) is 2.55. The third-order valence-electron chi connectivity index (χ3n) is 3.59. The second-order valence-electron chi connectivity index (χ2n) is 5.38. The molecule has 2 N–H and O–H groups in total. The highest BCUT2D eigenvalue weighted by molar-refractivity contribution is 5.88. The van der Waals surface area contributed by atoms with Gasteiger partial charge in [0, 0.05) is 20.0 Å². The van der Waals surface area contributed by atoms with Gasteiger partial charge in [0.05, 0.1) is 11.1 Å². The van der Waals surface area contributed by atoms with Crippen LogP contribution in [0.25, 0.3) is 0 Å². The molecule has 0 aliphatic heterocycles. The molecule has 0 saturated heterocycles. The summed E-state index contributed by atoms with van der Waals surface area (Å²) in [6.45, 7) is 2.14. The van der Waals surface area contributed by atoms with Crippen molar-refractivity contribution in [1.82, 2.24) is 4.90 Å². The van der Waals surface area contributed by atoms with E-state index in [0.717, 1.165) is 11.1 Å². The zero-order chi connectivity index (χ0) is 17.7. The minimum atomic E-state index is -0.997. The van der Waals surface area contributed by atoms with Crippen LogP contribution in [0.15, 0.2) is 48.5 Å². The van der Waals surface area contributed by atoms with Crippen molar-refractivity contribution in [3.8, 4) is 0 Å². The molecular formula is C18H17NO5. The van der Waals surface area contributed by atoms with E-state index in [0.29, 0.717) is 13.1 Å². The van der Waals surface area contributed by atoms with Crippen LogP contribution in [0.4, 0.5) is 0 Å². The summed E-state index contributed by atoms with van der Waals surface area (Å²) in [6.07, 6.45) is 0. The predicted molar refractivity (Wildman–Crippen MR) is 86.7 cm³/mol. The van der Waals surface area contributed by atoms with Gasteiger partial charge in [-0.1, -0.05) is 24.3 Å². The normalized spacial score (nSPS) is 10.2. The Morgan fingerprint density at radius 2 is 1.08 bits per heavy atom. The van der Waals surface area contributed by atoms with Crippen molar-refractivity contribution in [1.29, 1.82) is 0 Å². The molecule has 6 nitrogen and oxygen atoms in total. The van der Waals surface area contributed by atoms with Gasteiger partial charge in [0.2, 0.25) is 5.91 Å². The minimum absolute atomic E-state index is 0.125. The van der Waals surface area contributed by atoms with Crippen LogP contribution in [0.3, 0.4) is 0 Å². The maximum atomic E-state index is 11.8. The first kappa shape index (κ1) is 17.2. The van der Waals surface area contributed by atoms with Gasteiger partial charge in [-0.3, -0.25) is 4.79 Å². The standard InChI is InChI=1S/C18H17NO5/c1-12(20)19(10-13-2-6-15(7-3-13)17(21)22)11-14-4-8-16(9-5-14)18(23)24/h2-9H,10-11H2,1H3,(H,21,22)(H,23,24). The second-order valence-corrected chi connectivity index (χ2v) is 5.38. The molecule has 2 rings (SSSR count). The van der Waals surface area contributed by atoms with Gasteiger partial charge in [-0.2, -0.15) is 0 Å². The van der Waals surface area contributed by atoms with Crippen molar-refractivity contribution in [2.24, 2.45) is 0 Å². The molecule has 0 spiro atoms. The summed E-state index contributed by atoms with van der Waals surface area (Å²) < 4.78 is 0. The van der Waals surface area contributed by atoms with E-state index in [4.69, 9.17) is 10.2 Å². The van der Waals surface area contributed by atoms with Crippen LogP contribution in [0, 0.1) is 0 Å². The van der Waals surface area contributed by atoms with E-state index in [2.05, 4.69) is 0 Å². The molecule has 124 valence electrons. The van der Waals surface area contributed by atoms with Gasteiger partial charge in [0.25, 0.3) is 0 Å². The quantitative estimate of drug-likeness (QED) is 0.850. The molecule has 24 heavy (non-hydrogen) atoms. The predicted octanol–water partition coefficient (Wildman–Crippen LogP) is 2.63. The Kier molecular flexibility index (Phi) is 5.31. The Morgan fingerprint density at radius 1 is 0.750 bits per heavy atom. The average molecular weight is 327 g/mol. The van der Waals surface area contributed by atoms with Gasteiger partial charge in [0.15, 0.2) is 0 Å². The van der Waals surface area contributed by atoms with Crippen molar-refractivity contribution in [2.75, 3.05) is 0 Å². The molecule has 0 saturated carbocycles. The number of amides is 1. The maximum Gasteiger partial charge on any atom is 0.335 e. The number of carboxylic acid groups (broad SMARTS) is 2. The Morgan fingerprint density at radius 3 is 1.33 bits per heavy atom. The third-order valence-corrected chi connectivity index (χ3v) is 3.59. The van der Waals surface area contributed by atoms with E-state index in [1.807, 2.05) is 0 Å². The van der Waals surface area contributed by atoms with E-state index in [1.54, 1.807) is 29.2 Å². The first-order chi connectivity index (χ1) is 11.4. The summed E-state index contributed by atoms with van der Waals surface area (Å²) in [7, 11) is 0. The van der Waals surface area contributed by atoms with Crippen molar-refractivity contribution in [2.45, 2.75) is 20.0 Å². The molecule has 2 aromatic carbocycles. The van der Waals surface area contributed by atoms with Gasteiger partial charge in [0.1, 0.15) is 0 Å². The number of hydrogen-bond donors (Lipinski definition) is 2. The van der Waals surface area contributed by atoms with Gasteiger partial charge in [-0.15, -0.1) is 0 Å². The van der Waals surface area contributed by atoms with Crippen LogP contribution in [-0.2, 0) is 17.9 Å². The summed E-state index contributed by atoms with van der Waals surface area (Å²) in [5.41, 5.74) is 2.02. The van der Waals surface area contributed by atoms with E-state index in [9.17, 15) is 14.4 Å². The Balaban J connectivity index is 2.10. The summed E-state index contributed by atoms with van der Waals surface area (Å²) >= 11 is 0. The van der Waals surface area contributed by atoms with Crippen LogP contribution >= 0.6 is 0 Å². The molecule has 0 fully saturated rings. The Labute approximate surface area is 139 Å². The number of carboxylic acids is 2. The Hall–Kier alpha value is -3.15. The molecule has 0 heterocycles. The molecule has 0 radical (unpaired) electrons. The first-order valence-corrected chi connectivity index (χ1v) is 7.27. The first-order valence-electron chi connectivity index (χ1n) is 7.27. The molecule has 0 bridgehead atoms. The number of hydrogen-bond acceptors (Lipinski definition) is 3. The van der Waals surface area contributed by atoms with Crippen molar-refractivity contribution < 1.29 is 24.6 Å². The third kappa shape index (κ3) is 4.42. The second kappa shape index (κ2) is 7.41. The van der Waals surface area contributed by atoms with Crippen molar-refractivity contribution in [3.63, 3.8) is 0 Å². The monoisotopic (exact) mass is 327 g/mol. The zero-order valence-corrected chi connectivity index (χ0v) is 13.1. The fraction of sp³-hybridized carbons (Fsp3) is 0.167. The van der Waals surface area contributed by atoms with Crippen molar-refractivity contribution in [3.05, 3.63) is 70.8 Å². The molecule has 0 aliphatic rings. The van der Waals surface area contributed by atoms with Gasteiger partial charge in [-0.25, -0.2) is 9.59 Å². The molecule has 0 aliphatic carbocycles. The Bertz CT molecular complexity index is 690. The SMILES string of the molecule is CC(=O)N(Cc1ccc(C(=O)O)cc1)Cc1ccc(C(=O)O)cc1. The number of carbonyl (C=O) groups is 3. The highest BCUT2D eigenvalue weighted by atomic mass is 16.4. The fourth-order valence-corrected chi connectivity index (χ4v) is 2.22. The topological polar surface area (TPSA) is 94.9 Å². The van der Waals surface area contributed by atoms with E-state index >= 15 is 0 Å². The van der Waals surface area contributed by atoms with Crippen LogP contribution in [0.5, 0.6) is 0 Å². The van der Waals surface area contributed by atoms with E-state index in [1.165, 1.54) is 31.2 Å². The molecule has 0 unspecified atom stereocenters. The van der Waals surface area contributed by atoms with Gasteiger partial charge >= 0.3 is 11.9 Å². The highest BCUT2D eigenvalue weighted by Gasteiger charge is 2.12. The lowest BCUT2D eigenvalue weighted by Crippen LogP contribution is -2.27. The van der Waals surface area contributed by atoms with Crippen molar-refractivity contribution >= 4 is 17.8 Å². The van der Waals surface area contributed by atoms with E-state index in [-0.39, 0.29) is 17.0 Å². The molecule has 2 aromatic rings. The highest BCUT2D eigenvalue weighted by Crippen LogP contribution is 2.13. The van der Waals surface area contributed by atoms with Crippen LogP contribution in [-0.4, -0.2) is 33.0 Å². The molecule has 0 atom stereocenters. The lowest BCUT2D eigenvalue weighted by Gasteiger charge is -2.21. The van der Waals surface area contributed by atoms with Gasteiger partial charge in [-0.05, 0) is 35.4 Å². The lowest BCUT2D eigenvalue weighted by molar-refractivity contribution is -0.130. The number of benzene rings is 2. The number of carbonyl (C=O) groups excluding carboxylic acids is 1. The molecule has 6 heteroatoms. The summed E-state index contributed by atoms with van der Waals surface area (Å²) in [6, 6.07) is 12.7. The number of nitrogens with zero attached hydrogens (tertiary/aromatic N) is 1. The summed E-state index contributed by atoms with van der Waals surface area (Å²) in [5, 5.41) is 17.8. The zero-order valence-electron chi connectivity index (χ0n) is 13.1. The van der Waals surface area contributed by atoms with E-state index < -0.39 is 11.9 Å². The van der Waals surface area contributed by atoms with Crippen LogP contribution in [0.2, 0.25) is 0 Å². The van der Waals surface area contributed by atoms with Crippen LogP contribution < -0.4 is 0 Å². The summed E-state index contributed by atoms with van der Waals surface area (Å²) in [5.74, 6) is -2.12. The van der Waals surface area contributed by atoms with Gasteiger partial charge < -0.3 is 15.1 Å². The number of aromatic carboxylic acids is 2. The number of rotatable bonds is 6. The minimum Gasteiger partial charge on any atom is -0.478 e. The largest absolute Gasteiger partial charge is 0.478 e. The smallest absolute Gasteiger partial charge is 0.335 e.